The molecule has 2 aromatic carbocycles. The van der Waals surface area contributed by atoms with Gasteiger partial charge in [0.15, 0.2) is 5.11 Å². The minimum Gasteiger partial charge on any atom is -0.493 e. The van der Waals surface area contributed by atoms with Gasteiger partial charge in [-0.15, -0.1) is 11.8 Å². The third kappa shape index (κ3) is 2.92. The van der Waals surface area contributed by atoms with E-state index in [4.69, 9.17) is 17.0 Å². The number of halogens is 1. The van der Waals surface area contributed by atoms with Crippen LogP contribution < -0.4 is 9.64 Å². The van der Waals surface area contributed by atoms with Crippen LogP contribution in [0.5, 0.6) is 5.75 Å². The number of thiocarbonyl (C=S) groups is 1. The van der Waals surface area contributed by atoms with Crippen LogP contribution in [0.3, 0.4) is 0 Å². The highest BCUT2D eigenvalue weighted by molar-refractivity contribution is 9.10. The predicted octanol–water partition coefficient (Wildman–Crippen LogP) is 4.60. The van der Waals surface area contributed by atoms with E-state index >= 15 is 0 Å². The second-order valence-corrected chi connectivity index (χ2v) is 8.41. The number of hydrogen-bond acceptors (Lipinski definition) is 4. The van der Waals surface area contributed by atoms with Crippen molar-refractivity contribution >= 4 is 56.6 Å². The first-order valence-electron chi connectivity index (χ1n) is 8.37. The van der Waals surface area contributed by atoms with Crippen LogP contribution in [-0.4, -0.2) is 34.3 Å². The smallest absolute Gasteiger partial charge is 0.257 e. The quantitative estimate of drug-likeness (QED) is 0.638. The molecule has 2 atom stereocenters. The van der Waals surface area contributed by atoms with Gasteiger partial charge in [-0.2, -0.15) is 0 Å². The average Bonchev–Trinajstić information content (AvgIpc) is 3.18. The van der Waals surface area contributed by atoms with Gasteiger partial charge in [0.05, 0.1) is 12.3 Å². The summed E-state index contributed by atoms with van der Waals surface area (Å²) in [7, 11) is 0. The van der Waals surface area contributed by atoms with E-state index < -0.39 is 0 Å². The maximum absolute atomic E-state index is 13.0. The molecule has 2 aliphatic heterocycles. The molecule has 7 heteroatoms. The molecule has 0 aromatic heterocycles. The molecule has 2 fully saturated rings. The van der Waals surface area contributed by atoms with Crippen molar-refractivity contribution in [2.45, 2.75) is 18.3 Å². The maximum Gasteiger partial charge on any atom is 0.257 e. The summed E-state index contributed by atoms with van der Waals surface area (Å²) in [6.45, 7) is 2.58. The van der Waals surface area contributed by atoms with E-state index in [2.05, 4.69) is 26.9 Å². The first-order chi connectivity index (χ1) is 12.6. The number of benzene rings is 2. The molecular weight excluding hydrogens is 432 g/mol. The lowest BCUT2D eigenvalue weighted by Crippen LogP contribution is -2.33. The van der Waals surface area contributed by atoms with E-state index in [1.807, 2.05) is 49.4 Å². The van der Waals surface area contributed by atoms with Crippen LogP contribution in [0, 0.1) is 0 Å². The van der Waals surface area contributed by atoms with Crippen molar-refractivity contribution in [3.8, 4) is 5.75 Å². The van der Waals surface area contributed by atoms with E-state index in [0.717, 1.165) is 27.2 Å². The summed E-state index contributed by atoms with van der Waals surface area (Å²) >= 11 is 10.9. The molecule has 1 amide bonds. The van der Waals surface area contributed by atoms with Crippen LogP contribution in [0.1, 0.15) is 17.9 Å². The number of rotatable bonds is 4. The number of amides is 1. The Morgan fingerprint density at radius 3 is 2.69 bits per heavy atom. The molecule has 0 saturated carbocycles. The normalized spacial score (nSPS) is 22.1. The van der Waals surface area contributed by atoms with E-state index in [0.29, 0.717) is 11.7 Å². The summed E-state index contributed by atoms with van der Waals surface area (Å²) in [4.78, 5) is 16.7. The monoisotopic (exact) mass is 448 g/mol. The van der Waals surface area contributed by atoms with Gasteiger partial charge in [-0.25, -0.2) is 0 Å². The zero-order chi connectivity index (χ0) is 18.3. The molecule has 0 spiro atoms. The molecule has 134 valence electrons. The molecule has 4 nitrogen and oxygen atoms in total. The zero-order valence-electron chi connectivity index (χ0n) is 14.1. The molecule has 2 saturated heterocycles. The second-order valence-electron chi connectivity index (χ2n) is 6.01. The van der Waals surface area contributed by atoms with Crippen LogP contribution in [0.15, 0.2) is 53.0 Å². The second kappa shape index (κ2) is 7.21. The van der Waals surface area contributed by atoms with Gasteiger partial charge in [0.1, 0.15) is 17.2 Å². The van der Waals surface area contributed by atoms with E-state index in [1.165, 1.54) is 0 Å². The van der Waals surface area contributed by atoms with Gasteiger partial charge in [-0.05, 0) is 49.5 Å². The lowest BCUT2D eigenvalue weighted by atomic mass is 10.1. The topological polar surface area (TPSA) is 32.8 Å². The van der Waals surface area contributed by atoms with E-state index in [9.17, 15) is 4.79 Å². The van der Waals surface area contributed by atoms with Gasteiger partial charge in [-0.3, -0.25) is 9.69 Å². The molecule has 2 aliphatic rings. The van der Waals surface area contributed by atoms with Crippen molar-refractivity contribution in [1.82, 2.24) is 4.90 Å². The summed E-state index contributed by atoms with van der Waals surface area (Å²) in [6, 6.07) is 15.4. The summed E-state index contributed by atoms with van der Waals surface area (Å²) in [5.74, 6) is 1.61. The van der Waals surface area contributed by atoms with Crippen LogP contribution in [0.25, 0.3) is 0 Å². The number of carbonyl (C=O) groups is 1. The van der Waals surface area contributed by atoms with Crippen molar-refractivity contribution in [2.75, 3.05) is 17.3 Å². The van der Waals surface area contributed by atoms with Gasteiger partial charge in [0, 0.05) is 15.8 Å². The Labute approximate surface area is 170 Å². The fourth-order valence-corrected chi connectivity index (χ4v) is 5.54. The Balaban J connectivity index is 1.68. The molecular formula is C19H17BrN2O2S2. The maximum atomic E-state index is 13.0. The standard InChI is InChI=1S/C19H17BrN2O2S2/c1-2-24-16-6-4-3-5-14(16)18-22-15(11-26-18)17(23)21(19(22)25)13-9-7-12(20)8-10-13/h3-10,15,18H,2,11H2,1H3/t15-,18+/m0/s1. The summed E-state index contributed by atoms with van der Waals surface area (Å²) in [5, 5.41) is 0.545. The minimum atomic E-state index is -0.226. The Bertz CT molecular complexity index is 859. The highest BCUT2D eigenvalue weighted by atomic mass is 79.9. The number of anilines is 1. The molecule has 0 N–H and O–H groups in total. The van der Waals surface area contributed by atoms with Gasteiger partial charge in [0.2, 0.25) is 0 Å². The largest absolute Gasteiger partial charge is 0.493 e. The van der Waals surface area contributed by atoms with Gasteiger partial charge in [0.25, 0.3) is 5.91 Å². The van der Waals surface area contributed by atoms with Crippen molar-refractivity contribution in [3.05, 3.63) is 58.6 Å². The lowest BCUT2D eigenvalue weighted by Gasteiger charge is -2.26. The molecule has 2 heterocycles. The average molecular weight is 449 g/mol. The molecule has 4 rings (SSSR count). The minimum absolute atomic E-state index is 0.0142. The molecule has 2 aromatic rings. The van der Waals surface area contributed by atoms with Crippen LogP contribution in [0.4, 0.5) is 5.69 Å². The number of thioether (sulfide) groups is 1. The Morgan fingerprint density at radius 1 is 1.23 bits per heavy atom. The van der Waals surface area contributed by atoms with Crippen LogP contribution in [0.2, 0.25) is 0 Å². The zero-order valence-corrected chi connectivity index (χ0v) is 17.3. The van der Waals surface area contributed by atoms with Crippen molar-refractivity contribution in [2.24, 2.45) is 0 Å². The first kappa shape index (κ1) is 17.8. The Morgan fingerprint density at radius 2 is 1.96 bits per heavy atom. The molecule has 26 heavy (non-hydrogen) atoms. The number of hydrogen-bond donors (Lipinski definition) is 0. The van der Waals surface area contributed by atoms with Crippen molar-refractivity contribution in [1.29, 1.82) is 0 Å². The Kier molecular flexibility index (Phi) is 4.94. The van der Waals surface area contributed by atoms with E-state index in [-0.39, 0.29) is 17.3 Å². The molecule has 0 unspecified atom stereocenters. The SMILES string of the molecule is CCOc1ccccc1[C@H]1SC[C@H]2C(=O)N(c3ccc(Br)cc3)C(=S)N12. The third-order valence-electron chi connectivity index (χ3n) is 4.49. The number of ether oxygens (including phenoxy) is 1. The first-order valence-corrected chi connectivity index (χ1v) is 10.6. The van der Waals surface area contributed by atoms with Gasteiger partial charge < -0.3 is 9.64 Å². The highest BCUT2D eigenvalue weighted by Gasteiger charge is 2.51. The summed E-state index contributed by atoms with van der Waals surface area (Å²) < 4.78 is 6.77. The number of fused-ring (bicyclic) bond motifs is 1. The fourth-order valence-electron chi connectivity index (χ4n) is 3.33. The third-order valence-corrected chi connectivity index (χ3v) is 6.71. The van der Waals surface area contributed by atoms with Crippen molar-refractivity contribution in [3.63, 3.8) is 0 Å². The summed E-state index contributed by atoms with van der Waals surface area (Å²) in [6.07, 6.45) is 0. The Hall–Kier alpha value is -1.57. The highest BCUT2D eigenvalue weighted by Crippen LogP contribution is 2.48. The van der Waals surface area contributed by atoms with E-state index in [1.54, 1.807) is 16.7 Å². The van der Waals surface area contributed by atoms with Gasteiger partial charge >= 0.3 is 0 Å². The van der Waals surface area contributed by atoms with Gasteiger partial charge in [-0.1, -0.05) is 34.1 Å². The van der Waals surface area contributed by atoms with Crippen LogP contribution in [-0.2, 0) is 4.79 Å². The van der Waals surface area contributed by atoms with Crippen LogP contribution >= 0.6 is 39.9 Å². The number of para-hydroxylation sites is 1. The lowest BCUT2D eigenvalue weighted by molar-refractivity contribution is -0.119. The number of nitrogens with zero attached hydrogens (tertiary/aromatic N) is 2. The van der Waals surface area contributed by atoms with Crippen molar-refractivity contribution < 1.29 is 9.53 Å². The summed E-state index contributed by atoms with van der Waals surface area (Å²) in [5.41, 5.74) is 1.87. The number of carbonyl (C=O) groups excluding carboxylic acids is 1. The molecule has 0 radical (unpaired) electrons. The fraction of sp³-hybridized carbons (Fsp3) is 0.263. The molecule has 0 aliphatic carbocycles. The molecule has 0 bridgehead atoms. The predicted molar refractivity (Wildman–Crippen MR) is 113 cm³/mol.